The molecule has 2 bridgehead atoms. The van der Waals surface area contributed by atoms with E-state index in [2.05, 4.69) is 27.8 Å². The molecule has 3 aliphatic rings. The Balaban J connectivity index is 1.29. The number of nitrogens with zero attached hydrogens (tertiary/aromatic N) is 2. The molecule has 1 heterocycles. The van der Waals surface area contributed by atoms with Gasteiger partial charge in [-0.3, -0.25) is 19.5 Å². The van der Waals surface area contributed by atoms with Crippen LogP contribution in [0.2, 0.25) is 5.02 Å². The van der Waals surface area contributed by atoms with Gasteiger partial charge in [0.25, 0.3) is 0 Å². The quantitative estimate of drug-likeness (QED) is 0.300. The minimum Gasteiger partial charge on any atom is -0.357 e. The van der Waals surface area contributed by atoms with Gasteiger partial charge in [0, 0.05) is 31.2 Å². The molecule has 4 atom stereocenters. The lowest BCUT2D eigenvalue weighted by atomic mass is 9.85. The number of benzene rings is 1. The summed E-state index contributed by atoms with van der Waals surface area (Å²) in [5.74, 6) is 0.328. The van der Waals surface area contributed by atoms with Crippen molar-refractivity contribution in [3.8, 4) is 0 Å². The maximum Gasteiger partial charge on any atom is 0.233 e. The topological polar surface area (TPSA) is 73.8 Å². The van der Waals surface area contributed by atoms with Crippen molar-refractivity contribution < 1.29 is 14.0 Å². The third-order valence-corrected chi connectivity index (χ3v) is 6.55. The van der Waals surface area contributed by atoms with Crippen molar-refractivity contribution in [1.82, 2.24) is 15.5 Å². The van der Waals surface area contributed by atoms with Crippen molar-refractivity contribution in [1.29, 1.82) is 0 Å². The van der Waals surface area contributed by atoms with Crippen molar-refractivity contribution in [3.63, 3.8) is 0 Å². The molecule has 2 fully saturated rings. The Kier molecular flexibility index (Phi) is 6.09. The predicted octanol–water partition coefficient (Wildman–Crippen LogP) is 2.38. The average Bonchev–Trinajstić information content (AvgIpc) is 3.39. The molecule has 1 aliphatic heterocycles. The molecule has 2 aliphatic carbocycles. The van der Waals surface area contributed by atoms with Gasteiger partial charge in [0.1, 0.15) is 5.82 Å². The van der Waals surface area contributed by atoms with Crippen molar-refractivity contribution in [3.05, 3.63) is 46.8 Å². The van der Waals surface area contributed by atoms with Crippen LogP contribution < -0.4 is 10.6 Å². The molecule has 0 spiro atoms. The molecule has 4 unspecified atom stereocenters. The molecule has 8 heteroatoms. The highest BCUT2D eigenvalue weighted by Gasteiger charge is 2.58. The molecule has 1 saturated heterocycles. The number of hydrogen-bond donors (Lipinski definition) is 2. The number of allylic oxidation sites excluding steroid dienone is 2. The first-order valence-corrected chi connectivity index (χ1v) is 10.9. The number of guanidine groups is 1. The SMILES string of the molecule is CCNC(=NCCc1ccc(F)cc1Cl)NCCN1C(=O)C2C3C=CC(C3)C2C1=O. The van der Waals surface area contributed by atoms with Crippen LogP contribution in [0.25, 0.3) is 0 Å². The zero-order valence-electron chi connectivity index (χ0n) is 16.9. The van der Waals surface area contributed by atoms with E-state index in [4.69, 9.17) is 11.6 Å². The fourth-order valence-electron chi connectivity index (χ4n) is 4.82. The van der Waals surface area contributed by atoms with Crippen LogP contribution in [0, 0.1) is 29.5 Å². The number of nitrogens with one attached hydrogen (secondary N) is 2. The van der Waals surface area contributed by atoms with Gasteiger partial charge in [0.15, 0.2) is 5.96 Å². The molecule has 1 aromatic carbocycles. The van der Waals surface area contributed by atoms with Gasteiger partial charge in [0.05, 0.1) is 11.8 Å². The lowest BCUT2D eigenvalue weighted by Gasteiger charge is -2.18. The number of halogens is 2. The van der Waals surface area contributed by atoms with E-state index < -0.39 is 0 Å². The van der Waals surface area contributed by atoms with Crippen LogP contribution in [-0.4, -0.2) is 48.9 Å². The lowest BCUT2D eigenvalue weighted by molar-refractivity contribution is -0.140. The number of imide groups is 1. The maximum atomic E-state index is 13.2. The standard InChI is InChI=1S/C22H26ClFN4O2/c1-2-25-22(26-8-7-13-5-6-16(24)12-17(13)23)27-9-10-28-20(29)18-14-3-4-15(11-14)19(18)21(28)30/h3-6,12,14-15,18-19H,2,7-11H2,1H3,(H2,25,26,27). The summed E-state index contributed by atoms with van der Waals surface area (Å²) in [5.41, 5.74) is 0.834. The molecule has 6 nitrogen and oxygen atoms in total. The number of carbonyl (C=O) groups excluding carboxylic acids is 2. The van der Waals surface area contributed by atoms with Crippen LogP contribution in [0.15, 0.2) is 35.3 Å². The number of hydrogen-bond acceptors (Lipinski definition) is 3. The molecular formula is C22H26ClFN4O2. The molecule has 1 aromatic rings. The van der Waals surface area contributed by atoms with Crippen LogP contribution in [0.5, 0.6) is 0 Å². The van der Waals surface area contributed by atoms with Gasteiger partial charge in [-0.1, -0.05) is 29.8 Å². The van der Waals surface area contributed by atoms with Crippen molar-refractivity contribution in [2.45, 2.75) is 19.8 Å². The highest BCUT2D eigenvalue weighted by molar-refractivity contribution is 6.31. The molecule has 0 aromatic heterocycles. The Morgan fingerprint density at radius 1 is 1.20 bits per heavy atom. The summed E-state index contributed by atoms with van der Waals surface area (Å²) in [7, 11) is 0. The third-order valence-electron chi connectivity index (χ3n) is 6.20. The number of carbonyl (C=O) groups is 2. The minimum atomic E-state index is -0.360. The van der Waals surface area contributed by atoms with Crippen LogP contribution in [0.3, 0.4) is 0 Å². The van der Waals surface area contributed by atoms with E-state index in [-0.39, 0.29) is 41.3 Å². The van der Waals surface area contributed by atoms with Crippen LogP contribution >= 0.6 is 11.6 Å². The van der Waals surface area contributed by atoms with Gasteiger partial charge in [-0.15, -0.1) is 0 Å². The van der Waals surface area contributed by atoms with Gasteiger partial charge in [0.2, 0.25) is 11.8 Å². The molecule has 1 saturated carbocycles. The number of rotatable bonds is 7. The summed E-state index contributed by atoms with van der Waals surface area (Å²) in [6.07, 6.45) is 5.72. The zero-order chi connectivity index (χ0) is 21.3. The smallest absolute Gasteiger partial charge is 0.233 e. The lowest BCUT2D eigenvalue weighted by Crippen LogP contribution is -2.43. The van der Waals surface area contributed by atoms with E-state index in [1.807, 2.05) is 6.92 Å². The van der Waals surface area contributed by atoms with E-state index in [1.54, 1.807) is 6.07 Å². The minimum absolute atomic E-state index is 0.0310. The van der Waals surface area contributed by atoms with E-state index in [0.717, 1.165) is 12.0 Å². The summed E-state index contributed by atoms with van der Waals surface area (Å²) < 4.78 is 13.2. The van der Waals surface area contributed by atoms with Crippen LogP contribution in [0.4, 0.5) is 4.39 Å². The highest BCUT2D eigenvalue weighted by atomic mass is 35.5. The van der Waals surface area contributed by atoms with Crippen molar-refractivity contribution in [2.75, 3.05) is 26.2 Å². The average molecular weight is 433 g/mol. The van der Waals surface area contributed by atoms with E-state index in [1.165, 1.54) is 17.0 Å². The summed E-state index contributed by atoms with van der Waals surface area (Å²) in [5, 5.41) is 6.73. The first-order valence-electron chi connectivity index (χ1n) is 10.5. The van der Waals surface area contributed by atoms with Gasteiger partial charge in [-0.25, -0.2) is 4.39 Å². The molecule has 30 heavy (non-hydrogen) atoms. The number of likely N-dealkylation sites (tertiary alicyclic amines) is 1. The van der Waals surface area contributed by atoms with Crippen molar-refractivity contribution in [2.24, 2.45) is 28.7 Å². The van der Waals surface area contributed by atoms with Gasteiger partial charge in [-0.2, -0.15) is 0 Å². The maximum absolute atomic E-state index is 13.2. The first-order chi connectivity index (χ1) is 14.5. The number of fused-ring (bicyclic) bond motifs is 5. The van der Waals surface area contributed by atoms with Gasteiger partial charge in [-0.05, 0) is 49.3 Å². The monoisotopic (exact) mass is 432 g/mol. The molecular weight excluding hydrogens is 407 g/mol. The van der Waals surface area contributed by atoms with E-state index in [0.29, 0.717) is 43.6 Å². The molecule has 0 radical (unpaired) electrons. The third kappa shape index (κ3) is 3.95. The summed E-state index contributed by atoms with van der Waals surface area (Å²) in [6.45, 7) is 3.89. The largest absolute Gasteiger partial charge is 0.357 e. The van der Waals surface area contributed by atoms with Crippen LogP contribution in [0.1, 0.15) is 18.9 Å². The van der Waals surface area contributed by atoms with E-state index >= 15 is 0 Å². The predicted molar refractivity (Wildman–Crippen MR) is 114 cm³/mol. The molecule has 2 N–H and O–H groups in total. The Morgan fingerprint density at radius 2 is 1.90 bits per heavy atom. The Labute approximate surface area is 180 Å². The Bertz CT molecular complexity index is 873. The fourth-order valence-corrected chi connectivity index (χ4v) is 5.09. The second-order valence-electron chi connectivity index (χ2n) is 8.00. The molecule has 160 valence electrons. The molecule has 4 rings (SSSR count). The summed E-state index contributed by atoms with van der Waals surface area (Å²) in [4.78, 5) is 31.4. The van der Waals surface area contributed by atoms with E-state index in [9.17, 15) is 14.0 Å². The van der Waals surface area contributed by atoms with Crippen molar-refractivity contribution >= 4 is 29.4 Å². The van der Waals surface area contributed by atoms with Gasteiger partial charge < -0.3 is 10.6 Å². The second kappa shape index (κ2) is 8.76. The Morgan fingerprint density at radius 3 is 2.53 bits per heavy atom. The van der Waals surface area contributed by atoms with Gasteiger partial charge >= 0.3 is 0 Å². The normalized spacial score (nSPS) is 27.2. The number of amides is 2. The Hall–Kier alpha value is -2.41. The zero-order valence-corrected chi connectivity index (χ0v) is 17.7. The summed E-state index contributed by atoms with van der Waals surface area (Å²) in [6, 6.07) is 4.34. The number of aliphatic imine (C=N–C) groups is 1. The first kappa shape index (κ1) is 20.8. The molecule has 2 amide bonds. The highest BCUT2D eigenvalue weighted by Crippen LogP contribution is 2.52. The fraction of sp³-hybridized carbons (Fsp3) is 0.500. The van der Waals surface area contributed by atoms with Crippen LogP contribution in [-0.2, 0) is 16.0 Å². The second-order valence-corrected chi connectivity index (χ2v) is 8.41. The summed E-state index contributed by atoms with van der Waals surface area (Å²) >= 11 is 6.06.